The minimum atomic E-state index is -0.239. The summed E-state index contributed by atoms with van der Waals surface area (Å²) in [5, 5.41) is 0. The fourth-order valence-electron chi connectivity index (χ4n) is 2.86. The Bertz CT molecular complexity index is 702. The number of aromatic nitrogens is 4. The van der Waals surface area contributed by atoms with Crippen LogP contribution in [-0.4, -0.2) is 38.9 Å². The van der Waals surface area contributed by atoms with E-state index in [2.05, 4.69) is 40.6 Å². The molecule has 118 valence electrons. The number of carbonyl (C=O) groups excluding carboxylic acids is 1. The zero-order valence-electron chi connectivity index (χ0n) is 13.3. The molecule has 7 nitrogen and oxygen atoms in total. The Hall–Kier alpha value is -2.18. The summed E-state index contributed by atoms with van der Waals surface area (Å²) >= 11 is 0. The molecule has 1 atom stereocenters. The van der Waals surface area contributed by atoms with E-state index < -0.39 is 0 Å². The van der Waals surface area contributed by atoms with Gasteiger partial charge in [0.2, 0.25) is 5.91 Å². The van der Waals surface area contributed by atoms with E-state index in [4.69, 9.17) is 10.7 Å². The van der Waals surface area contributed by atoms with Crippen molar-refractivity contribution < 1.29 is 4.79 Å². The van der Waals surface area contributed by atoms with Crippen molar-refractivity contribution in [3.63, 3.8) is 0 Å². The maximum atomic E-state index is 11.1. The molecule has 3 rings (SSSR count). The average Bonchev–Trinajstić information content (AvgIpc) is 3.03. The van der Waals surface area contributed by atoms with Crippen LogP contribution in [0.5, 0.6) is 0 Å². The number of anilines is 1. The fraction of sp³-hybridized carbons (Fsp3) is 0.600. The molecule has 2 aromatic heterocycles. The quantitative estimate of drug-likeness (QED) is 0.891. The number of H-pyrrole nitrogens is 1. The third-order valence-corrected chi connectivity index (χ3v) is 4.01. The summed E-state index contributed by atoms with van der Waals surface area (Å²) in [5.41, 5.74) is 6.71. The van der Waals surface area contributed by atoms with Gasteiger partial charge in [-0.1, -0.05) is 20.8 Å². The molecular formula is C15H22N6O. The van der Waals surface area contributed by atoms with Crippen LogP contribution in [0.1, 0.15) is 39.4 Å². The van der Waals surface area contributed by atoms with E-state index in [1.54, 1.807) is 6.33 Å². The largest absolute Gasteiger partial charge is 0.370 e. The average molecular weight is 302 g/mol. The lowest BCUT2D eigenvalue weighted by Crippen LogP contribution is -2.25. The number of aromatic amines is 1. The van der Waals surface area contributed by atoms with Crippen molar-refractivity contribution in [3.8, 4) is 0 Å². The number of amides is 1. The van der Waals surface area contributed by atoms with Gasteiger partial charge in [0.05, 0.1) is 6.33 Å². The number of fused-ring (bicyclic) bond motifs is 1. The molecule has 1 fully saturated rings. The van der Waals surface area contributed by atoms with Crippen LogP contribution in [0.4, 0.5) is 5.82 Å². The van der Waals surface area contributed by atoms with Crippen LogP contribution in [0.2, 0.25) is 0 Å². The van der Waals surface area contributed by atoms with E-state index in [0.29, 0.717) is 18.0 Å². The van der Waals surface area contributed by atoms with Gasteiger partial charge in [-0.25, -0.2) is 15.0 Å². The summed E-state index contributed by atoms with van der Waals surface area (Å²) in [6.07, 6.45) is 3.03. The van der Waals surface area contributed by atoms with Crippen LogP contribution < -0.4 is 10.6 Å². The molecule has 3 heterocycles. The molecule has 0 bridgehead atoms. The Labute approximate surface area is 129 Å². The van der Waals surface area contributed by atoms with E-state index in [1.165, 1.54) is 0 Å². The summed E-state index contributed by atoms with van der Waals surface area (Å²) in [6.45, 7) is 7.92. The molecule has 1 amide bonds. The Balaban J connectivity index is 1.96. The van der Waals surface area contributed by atoms with Crippen molar-refractivity contribution in [1.82, 2.24) is 19.9 Å². The SMILES string of the molecule is CC(C)(C)c1nc(N2CC[C@@H](CC(N)=O)C2)c2[nH]cnc2n1. The molecule has 0 spiro atoms. The normalized spacial score (nSPS) is 19.0. The summed E-state index contributed by atoms with van der Waals surface area (Å²) in [6, 6.07) is 0. The second-order valence-electron chi connectivity index (χ2n) is 6.99. The number of nitrogens with zero attached hydrogens (tertiary/aromatic N) is 4. The standard InChI is InChI=1S/C15H22N6O/c1-15(2,3)14-19-12-11(17-8-18-12)13(20-14)21-5-4-9(7-21)6-10(16)22/h8-9H,4-7H2,1-3H3,(H2,16,22)(H,17,18,19,20)/t9-/m0/s1. The Morgan fingerprint density at radius 3 is 2.91 bits per heavy atom. The zero-order valence-corrected chi connectivity index (χ0v) is 13.3. The van der Waals surface area contributed by atoms with E-state index >= 15 is 0 Å². The first-order valence-corrected chi connectivity index (χ1v) is 7.59. The summed E-state index contributed by atoms with van der Waals surface area (Å²) < 4.78 is 0. The van der Waals surface area contributed by atoms with Crippen LogP contribution in [0.25, 0.3) is 11.2 Å². The molecule has 1 aliphatic heterocycles. The van der Waals surface area contributed by atoms with Crippen LogP contribution in [0, 0.1) is 5.92 Å². The van der Waals surface area contributed by atoms with Crippen molar-refractivity contribution in [2.45, 2.75) is 39.0 Å². The number of primary amides is 1. The number of hydrogen-bond donors (Lipinski definition) is 2. The number of nitrogens with one attached hydrogen (secondary N) is 1. The Morgan fingerprint density at radius 2 is 2.23 bits per heavy atom. The van der Waals surface area contributed by atoms with E-state index in [1.807, 2.05) is 0 Å². The van der Waals surface area contributed by atoms with Gasteiger partial charge in [-0.2, -0.15) is 0 Å². The van der Waals surface area contributed by atoms with Gasteiger partial charge in [-0.05, 0) is 12.3 Å². The predicted molar refractivity (Wildman–Crippen MR) is 84.5 cm³/mol. The lowest BCUT2D eigenvalue weighted by atomic mass is 9.96. The van der Waals surface area contributed by atoms with E-state index in [0.717, 1.165) is 36.7 Å². The monoisotopic (exact) mass is 302 g/mol. The Kier molecular flexibility index (Phi) is 3.50. The first-order valence-electron chi connectivity index (χ1n) is 7.59. The van der Waals surface area contributed by atoms with Crippen LogP contribution in [0.3, 0.4) is 0 Å². The summed E-state index contributed by atoms with van der Waals surface area (Å²) in [7, 11) is 0. The smallest absolute Gasteiger partial charge is 0.217 e. The molecule has 0 unspecified atom stereocenters. The minimum Gasteiger partial charge on any atom is -0.370 e. The van der Waals surface area contributed by atoms with Crippen molar-refractivity contribution >= 4 is 22.9 Å². The lowest BCUT2D eigenvalue weighted by molar-refractivity contribution is -0.118. The second kappa shape index (κ2) is 5.23. The maximum absolute atomic E-state index is 11.1. The van der Waals surface area contributed by atoms with Gasteiger partial charge in [0.1, 0.15) is 11.3 Å². The second-order valence-corrected chi connectivity index (χ2v) is 6.99. The van der Waals surface area contributed by atoms with Crippen molar-refractivity contribution in [2.75, 3.05) is 18.0 Å². The molecule has 0 aliphatic carbocycles. The minimum absolute atomic E-state index is 0.145. The molecule has 0 aromatic carbocycles. The number of rotatable bonds is 3. The van der Waals surface area contributed by atoms with Gasteiger partial charge in [-0.15, -0.1) is 0 Å². The molecule has 1 aliphatic rings. The van der Waals surface area contributed by atoms with Crippen molar-refractivity contribution in [1.29, 1.82) is 0 Å². The highest BCUT2D eigenvalue weighted by Crippen LogP contribution is 2.30. The van der Waals surface area contributed by atoms with E-state index in [-0.39, 0.29) is 11.3 Å². The number of imidazole rings is 1. The highest BCUT2D eigenvalue weighted by Gasteiger charge is 2.28. The Morgan fingerprint density at radius 1 is 1.45 bits per heavy atom. The third-order valence-electron chi connectivity index (χ3n) is 4.01. The highest BCUT2D eigenvalue weighted by molar-refractivity contribution is 5.83. The number of hydrogen-bond acceptors (Lipinski definition) is 5. The van der Waals surface area contributed by atoms with E-state index in [9.17, 15) is 4.79 Å². The van der Waals surface area contributed by atoms with Gasteiger partial charge >= 0.3 is 0 Å². The van der Waals surface area contributed by atoms with Crippen molar-refractivity contribution in [2.24, 2.45) is 11.7 Å². The summed E-state index contributed by atoms with van der Waals surface area (Å²) in [5.74, 6) is 1.71. The molecule has 0 radical (unpaired) electrons. The first-order chi connectivity index (χ1) is 10.3. The molecule has 7 heteroatoms. The van der Waals surface area contributed by atoms with Crippen LogP contribution in [0.15, 0.2) is 6.33 Å². The van der Waals surface area contributed by atoms with Crippen molar-refractivity contribution in [3.05, 3.63) is 12.2 Å². The lowest BCUT2D eigenvalue weighted by Gasteiger charge is -2.22. The summed E-state index contributed by atoms with van der Waals surface area (Å²) in [4.78, 5) is 30.1. The number of nitrogens with two attached hydrogens (primary N) is 1. The molecule has 2 aromatic rings. The topological polar surface area (TPSA) is 101 Å². The molecular weight excluding hydrogens is 280 g/mol. The van der Waals surface area contributed by atoms with Crippen LogP contribution >= 0.6 is 0 Å². The van der Waals surface area contributed by atoms with Gasteiger partial charge in [-0.3, -0.25) is 4.79 Å². The van der Waals surface area contributed by atoms with Gasteiger partial charge < -0.3 is 15.6 Å². The van der Waals surface area contributed by atoms with Gasteiger partial charge in [0, 0.05) is 24.9 Å². The van der Waals surface area contributed by atoms with Crippen LogP contribution in [-0.2, 0) is 10.2 Å². The van der Waals surface area contributed by atoms with Gasteiger partial charge in [0.25, 0.3) is 0 Å². The first kappa shape index (κ1) is 14.7. The fourth-order valence-corrected chi connectivity index (χ4v) is 2.86. The third kappa shape index (κ3) is 2.75. The highest BCUT2D eigenvalue weighted by atomic mass is 16.1. The maximum Gasteiger partial charge on any atom is 0.217 e. The zero-order chi connectivity index (χ0) is 15.9. The molecule has 22 heavy (non-hydrogen) atoms. The molecule has 0 saturated carbocycles. The molecule has 3 N–H and O–H groups in total. The number of carbonyl (C=O) groups is 1. The molecule has 1 saturated heterocycles. The van der Waals surface area contributed by atoms with Gasteiger partial charge in [0.15, 0.2) is 11.5 Å². The predicted octanol–water partition coefficient (Wildman–Crippen LogP) is 1.35.